The Morgan fingerprint density at radius 3 is 2.23 bits per heavy atom. The third-order valence-corrected chi connectivity index (χ3v) is 4.03. The Kier molecular flexibility index (Phi) is 4.69. The highest BCUT2D eigenvalue weighted by molar-refractivity contribution is 6.02. The molecule has 3 heterocycles. The van der Waals surface area contributed by atoms with Crippen LogP contribution in [0.4, 0.5) is 11.6 Å². The minimum Gasteiger partial charge on any atom is -0.465 e. The summed E-state index contributed by atoms with van der Waals surface area (Å²) in [6.07, 6.45) is 0.210. The average molecular weight is 363 g/mol. The van der Waals surface area contributed by atoms with Crippen molar-refractivity contribution in [3.8, 4) is 0 Å². The van der Waals surface area contributed by atoms with Gasteiger partial charge in [0.2, 0.25) is 0 Å². The van der Waals surface area contributed by atoms with Gasteiger partial charge in [0.05, 0.1) is 25.5 Å². The number of anilines is 2. The van der Waals surface area contributed by atoms with Crippen LogP contribution in [0.25, 0.3) is 0 Å². The molecule has 2 atom stereocenters. The van der Waals surface area contributed by atoms with Crippen LogP contribution in [0.1, 0.15) is 40.2 Å². The molecule has 0 spiro atoms. The molecule has 1 amide bonds. The number of esters is 2. The third-order valence-electron chi connectivity index (χ3n) is 4.03. The number of Topliss-reactive ketones (excluding diaryl/α,β-unsaturated/α-hetero) is 1. The first-order valence-corrected chi connectivity index (χ1v) is 7.91. The molecule has 138 valence electrons. The molecule has 2 fully saturated rings. The van der Waals surface area contributed by atoms with Crippen molar-refractivity contribution >= 4 is 35.3 Å². The third kappa shape index (κ3) is 3.71. The van der Waals surface area contributed by atoms with E-state index < -0.39 is 23.7 Å². The molecule has 2 aliphatic rings. The van der Waals surface area contributed by atoms with Crippen LogP contribution in [0.15, 0.2) is 0 Å². The molecular formula is C15H17N5O6. The topological polar surface area (TPSA) is 177 Å². The predicted molar refractivity (Wildman–Crippen MR) is 85.7 cm³/mol. The smallest absolute Gasteiger partial charge is 0.308 e. The maximum atomic E-state index is 12.3. The van der Waals surface area contributed by atoms with Crippen LogP contribution >= 0.6 is 0 Å². The number of hydrogen-bond donors (Lipinski definition) is 3. The molecule has 2 saturated heterocycles. The van der Waals surface area contributed by atoms with Crippen molar-refractivity contribution in [2.75, 3.05) is 24.7 Å². The van der Waals surface area contributed by atoms with Crippen LogP contribution in [0, 0.1) is 5.92 Å². The Labute approximate surface area is 147 Å². The van der Waals surface area contributed by atoms with E-state index in [0.717, 1.165) is 0 Å². The van der Waals surface area contributed by atoms with E-state index in [4.69, 9.17) is 20.9 Å². The number of cyclic esters (lactones) is 2. The molecule has 0 aliphatic carbocycles. The monoisotopic (exact) mass is 363 g/mol. The molecule has 0 bridgehead atoms. The number of nitrogens with zero attached hydrogens (tertiary/aromatic N) is 2. The molecular weight excluding hydrogens is 346 g/mol. The lowest BCUT2D eigenvalue weighted by Gasteiger charge is -2.12. The fourth-order valence-electron chi connectivity index (χ4n) is 2.75. The highest BCUT2D eigenvalue weighted by Gasteiger charge is 2.30. The second-order valence-corrected chi connectivity index (χ2v) is 6.13. The number of nitrogens with two attached hydrogens (primary N) is 2. The normalized spacial score (nSPS) is 22.0. The Morgan fingerprint density at radius 2 is 1.62 bits per heavy atom. The van der Waals surface area contributed by atoms with Gasteiger partial charge in [-0.15, -0.1) is 0 Å². The second kappa shape index (κ2) is 6.94. The summed E-state index contributed by atoms with van der Waals surface area (Å²) in [4.78, 5) is 54.5. The fraction of sp³-hybridized carbons (Fsp3) is 0.467. The predicted octanol–water partition coefficient (Wildman–Crippen LogP) is -1.18. The Bertz CT molecular complexity index is 729. The van der Waals surface area contributed by atoms with Gasteiger partial charge in [0, 0.05) is 12.3 Å². The van der Waals surface area contributed by atoms with Crippen molar-refractivity contribution < 1.29 is 28.7 Å². The van der Waals surface area contributed by atoms with E-state index in [0.29, 0.717) is 0 Å². The van der Waals surface area contributed by atoms with Crippen LogP contribution in [-0.2, 0) is 19.1 Å². The van der Waals surface area contributed by atoms with Gasteiger partial charge in [-0.2, -0.15) is 0 Å². The summed E-state index contributed by atoms with van der Waals surface area (Å²) in [5.41, 5.74) is 11.1. The van der Waals surface area contributed by atoms with Crippen molar-refractivity contribution in [3.05, 3.63) is 11.4 Å². The fourth-order valence-corrected chi connectivity index (χ4v) is 2.75. The zero-order chi connectivity index (χ0) is 18.8. The molecule has 11 nitrogen and oxygen atoms in total. The van der Waals surface area contributed by atoms with Crippen molar-refractivity contribution in [2.45, 2.75) is 25.3 Å². The number of nitrogen functional groups attached to an aromatic ring is 2. The number of nitrogens with one attached hydrogen (secondary N) is 1. The minimum absolute atomic E-state index is 0.0110. The van der Waals surface area contributed by atoms with Gasteiger partial charge in [-0.05, 0) is 0 Å². The zero-order valence-electron chi connectivity index (χ0n) is 13.7. The van der Waals surface area contributed by atoms with E-state index in [9.17, 15) is 19.2 Å². The highest BCUT2D eigenvalue weighted by Crippen LogP contribution is 2.22. The first-order chi connectivity index (χ1) is 12.3. The first-order valence-electron chi connectivity index (χ1n) is 7.91. The van der Waals surface area contributed by atoms with Crippen molar-refractivity contribution in [3.63, 3.8) is 0 Å². The van der Waals surface area contributed by atoms with Gasteiger partial charge in [0.15, 0.2) is 28.8 Å². The SMILES string of the molecule is Nc1nc(C(=O)NC2COC(=O)C2)c(N)nc1C(=O)CC1COC(=O)C1. The summed E-state index contributed by atoms with van der Waals surface area (Å²) in [5.74, 6) is -2.62. The summed E-state index contributed by atoms with van der Waals surface area (Å²) in [6.45, 7) is 0.224. The zero-order valence-corrected chi connectivity index (χ0v) is 13.7. The van der Waals surface area contributed by atoms with E-state index in [-0.39, 0.29) is 67.4 Å². The van der Waals surface area contributed by atoms with Crippen LogP contribution in [0.5, 0.6) is 0 Å². The van der Waals surface area contributed by atoms with Gasteiger partial charge >= 0.3 is 11.9 Å². The Balaban J connectivity index is 1.71. The van der Waals surface area contributed by atoms with E-state index in [1.54, 1.807) is 0 Å². The summed E-state index contributed by atoms with van der Waals surface area (Å²) < 4.78 is 9.56. The number of carbonyl (C=O) groups excluding carboxylic acids is 4. The van der Waals surface area contributed by atoms with Crippen molar-refractivity contribution in [2.24, 2.45) is 5.92 Å². The van der Waals surface area contributed by atoms with Crippen LogP contribution in [-0.4, -0.2) is 52.9 Å². The molecule has 11 heteroatoms. The van der Waals surface area contributed by atoms with E-state index in [2.05, 4.69) is 15.3 Å². The maximum Gasteiger partial charge on any atom is 0.308 e. The highest BCUT2D eigenvalue weighted by atomic mass is 16.5. The molecule has 2 unspecified atom stereocenters. The van der Waals surface area contributed by atoms with Crippen molar-refractivity contribution in [1.82, 2.24) is 15.3 Å². The van der Waals surface area contributed by atoms with Gasteiger partial charge in [-0.3, -0.25) is 19.2 Å². The molecule has 1 aromatic rings. The number of ether oxygens (including phenoxy) is 2. The second-order valence-electron chi connectivity index (χ2n) is 6.13. The number of aromatic nitrogens is 2. The average Bonchev–Trinajstić information content (AvgIpc) is 3.17. The molecule has 3 rings (SSSR count). The molecule has 5 N–H and O–H groups in total. The number of amides is 1. The molecule has 0 saturated carbocycles. The summed E-state index contributed by atoms with van der Waals surface area (Å²) >= 11 is 0. The van der Waals surface area contributed by atoms with Crippen LogP contribution in [0.2, 0.25) is 0 Å². The quantitative estimate of drug-likeness (QED) is 0.426. The van der Waals surface area contributed by atoms with Crippen LogP contribution < -0.4 is 16.8 Å². The summed E-state index contributed by atoms with van der Waals surface area (Å²) in [5, 5.41) is 2.54. The number of carbonyl (C=O) groups is 4. The maximum absolute atomic E-state index is 12.3. The van der Waals surface area contributed by atoms with Gasteiger partial charge in [0.1, 0.15) is 6.61 Å². The van der Waals surface area contributed by atoms with Gasteiger partial charge in [-0.25, -0.2) is 9.97 Å². The van der Waals surface area contributed by atoms with Gasteiger partial charge in [0.25, 0.3) is 5.91 Å². The molecule has 0 radical (unpaired) electrons. The van der Waals surface area contributed by atoms with Gasteiger partial charge < -0.3 is 26.3 Å². The number of hydrogen-bond acceptors (Lipinski definition) is 10. The lowest BCUT2D eigenvalue weighted by molar-refractivity contribution is -0.138. The molecule has 1 aromatic heterocycles. The van der Waals surface area contributed by atoms with Crippen molar-refractivity contribution in [1.29, 1.82) is 0 Å². The van der Waals surface area contributed by atoms with E-state index >= 15 is 0 Å². The number of ketones is 1. The first kappa shape index (κ1) is 17.6. The lowest BCUT2D eigenvalue weighted by Crippen LogP contribution is -2.36. The van der Waals surface area contributed by atoms with E-state index in [1.165, 1.54) is 0 Å². The Morgan fingerprint density at radius 1 is 1.00 bits per heavy atom. The lowest BCUT2D eigenvalue weighted by atomic mass is 10.00. The minimum atomic E-state index is -0.668. The molecule has 0 aromatic carbocycles. The number of rotatable bonds is 5. The summed E-state index contributed by atoms with van der Waals surface area (Å²) in [6, 6.07) is -0.487. The molecule has 26 heavy (non-hydrogen) atoms. The Hall–Kier alpha value is -3.24. The standard InChI is InChI=1S/C15H17N5O6/c16-13-11(8(21)1-6-2-9(22)25-4-6)19-14(17)12(20-13)15(24)18-7-3-10(23)26-5-7/h6-7H,1-5H2,(H2,16,20)(H2,17,19)(H,18,24). The van der Waals surface area contributed by atoms with Gasteiger partial charge in [-0.1, -0.05) is 0 Å². The summed E-state index contributed by atoms with van der Waals surface area (Å²) in [7, 11) is 0. The molecule has 2 aliphatic heterocycles. The van der Waals surface area contributed by atoms with Crippen LogP contribution in [0.3, 0.4) is 0 Å². The van der Waals surface area contributed by atoms with E-state index in [1.807, 2.05) is 0 Å². The largest absolute Gasteiger partial charge is 0.465 e.